The molecule has 5 heteroatoms. The fourth-order valence-electron chi connectivity index (χ4n) is 2.14. The van der Waals surface area contributed by atoms with Crippen LogP contribution in [0.25, 0.3) is 6.08 Å². The number of benzene rings is 1. The number of aliphatic carboxylic acids is 1. The van der Waals surface area contributed by atoms with Gasteiger partial charge in [0.15, 0.2) is 0 Å². The van der Waals surface area contributed by atoms with Crippen LogP contribution in [0.5, 0.6) is 5.75 Å². The van der Waals surface area contributed by atoms with Crippen LogP contribution in [0.15, 0.2) is 28.2 Å². The molecule has 0 amide bonds. The van der Waals surface area contributed by atoms with E-state index in [2.05, 4.69) is 22.0 Å². The van der Waals surface area contributed by atoms with Gasteiger partial charge in [-0.2, -0.15) is 0 Å². The highest BCUT2D eigenvalue weighted by molar-refractivity contribution is 9.10. The second kappa shape index (κ2) is 6.41. The summed E-state index contributed by atoms with van der Waals surface area (Å²) in [5.41, 5.74) is 2.12. The van der Waals surface area contributed by atoms with Crippen LogP contribution >= 0.6 is 15.9 Å². The average molecular weight is 340 g/mol. The van der Waals surface area contributed by atoms with Gasteiger partial charge in [-0.05, 0) is 43.7 Å². The van der Waals surface area contributed by atoms with Gasteiger partial charge < -0.3 is 9.84 Å². The number of halogens is 1. The number of hydrogen-bond acceptors (Lipinski definition) is 3. The van der Waals surface area contributed by atoms with Crippen molar-refractivity contribution in [1.29, 1.82) is 0 Å². The number of rotatable bonds is 5. The van der Waals surface area contributed by atoms with E-state index in [4.69, 9.17) is 9.84 Å². The first kappa shape index (κ1) is 15.1. The minimum absolute atomic E-state index is 0.0420. The molecule has 1 N–H and O–H groups in total. The number of carbonyl (C=O) groups is 1. The van der Waals surface area contributed by atoms with Crippen molar-refractivity contribution in [2.24, 2.45) is 0 Å². The van der Waals surface area contributed by atoms with Crippen LogP contribution in [0.4, 0.5) is 0 Å². The van der Waals surface area contributed by atoms with Gasteiger partial charge in [0, 0.05) is 22.6 Å². The van der Waals surface area contributed by atoms with E-state index in [1.54, 1.807) is 0 Å². The first-order valence-electron chi connectivity index (χ1n) is 6.53. The van der Waals surface area contributed by atoms with Gasteiger partial charge in [0.25, 0.3) is 0 Å². The molecule has 1 aliphatic heterocycles. The Morgan fingerprint density at radius 3 is 2.90 bits per heavy atom. The van der Waals surface area contributed by atoms with E-state index in [1.807, 2.05) is 36.9 Å². The number of carboxylic acid groups (broad SMARTS) is 1. The second-order valence-electron chi connectivity index (χ2n) is 5.17. The highest BCUT2D eigenvalue weighted by Crippen LogP contribution is 2.29. The zero-order valence-corrected chi connectivity index (χ0v) is 13.2. The molecule has 0 radical (unpaired) electrons. The summed E-state index contributed by atoms with van der Waals surface area (Å²) in [7, 11) is 0. The quantitative estimate of drug-likeness (QED) is 0.895. The lowest BCUT2D eigenvalue weighted by Gasteiger charge is -2.27. The van der Waals surface area contributed by atoms with E-state index < -0.39 is 5.97 Å². The summed E-state index contributed by atoms with van der Waals surface area (Å²) >= 11 is 3.44. The summed E-state index contributed by atoms with van der Waals surface area (Å²) in [4.78, 5) is 12.8. The van der Waals surface area contributed by atoms with Crippen LogP contribution in [0.1, 0.15) is 19.4 Å². The molecule has 0 unspecified atom stereocenters. The Morgan fingerprint density at radius 2 is 2.25 bits per heavy atom. The molecule has 1 aromatic rings. The molecule has 0 spiro atoms. The Labute approximate surface area is 127 Å². The molecule has 0 aliphatic carbocycles. The summed E-state index contributed by atoms with van der Waals surface area (Å²) in [5, 5.41) is 8.96. The molecule has 1 heterocycles. The molecule has 2 rings (SSSR count). The molecule has 1 aliphatic rings. The summed E-state index contributed by atoms with van der Waals surface area (Å²) in [6, 6.07) is 6.06. The lowest BCUT2D eigenvalue weighted by atomic mass is 10.1. The van der Waals surface area contributed by atoms with Gasteiger partial charge in [0.1, 0.15) is 12.4 Å². The summed E-state index contributed by atoms with van der Waals surface area (Å²) in [5.74, 6) is 0.0606. The molecule has 0 saturated heterocycles. The maximum absolute atomic E-state index is 10.9. The van der Waals surface area contributed by atoms with Crippen LogP contribution in [0, 0.1) is 0 Å². The Balaban J connectivity index is 2.15. The van der Waals surface area contributed by atoms with Crippen LogP contribution in [0.3, 0.4) is 0 Å². The van der Waals surface area contributed by atoms with Gasteiger partial charge in [-0.15, -0.1) is 0 Å². The van der Waals surface area contributed by atoms with Crippen molar-refractivity contribution in [2.75, 3.05) is 19.7 Å². The van der Waals surface area contributed by atoms with E-state index >= 15 is 0 Å². The molecule has 0 aromatic heterocycles. The van der Waals surface area contributed by atoms with Gasteiger partial charge in [-0.25, -0.2) is 0 Å². The molecule has 4 nitrogen and oxygen atoms in total. The molecule has 1 aromatic carbocycles. The Kier molecular flexibility index (Phi) is 4.83. The first-order chi connectivity index (χ1) is 9.45. The maximum atomic E-state index is 10.9. The van der Waals surface area contributed by atoms with E-state index in [0.717, 1.165) is 21.4 Å². The number of ether oxygens (including phenoxy) is 1. The molecular formula is C15H18BrNO3. The van der Waals surface area contributed by atoms with E-state index in [9.17, 15) is 4.79 Å². The van der Waals surface area contributed by atoms with Crippen molar-refractivity contribution in [1.82, 2.24) is 4.90 Å². The third-order valence-corrected chi connectivity index (χ3v) is 3.71. The SMILES string of the molecule is CC(C)N(CC(=O)O)CC1=Cc2cc(Br)ccc2OC1. The molecular weight excluding hydrogens is 322 g/mol. The maximum Gasteiger partial charge on any atom is 0.317 e. The van der Waals surface area contributed by atoms with Crippen LogP contribution in [-0.4, -0.2) is 41.7 Å². The van der Waals surface area contributed by atoms with Crippen molar-refractivity contribution in [3.05, 3.63) is 33.8 Å². The largest absolute Gasteiger partial charge is 0.489 e. The van der Waals surface area contributed by atoms with Crippen LogP contribution in [0.2, 0.25) is 0 Å². The van der Waals surface area contributed by atoms with Crippen molar-refractivity contribution >= 4 is 28.0 Å². The third kappa shape index (κ3) is 3.84. The number of hydrogen-bond donors (Lipinski definition) is 1. The summed E-state index contributed by atoms with van der Waals surface area (Å²) in [6.07, 6.45) is 2.08. The zero-order chi connectivity index (χ0) is 14.7. The van der Waals surface area contributed by atoms with Crippen molar-refractivity contribution < 1.29 is 14.6 Å². The van der Waals surface area contributed by atoms with Gasteiger partial charge in [-0.3, -0.25) is 9.69 Å². The summed E-state index contributed by atoms with van der Waals surface area (Å²) < 4.78 is 6.72. The average Bonchev–Trinajstić information content (AvgIpc) is 2.36. The fraction of sp³-hybridized carbons (Fsp3) is 0.400. The Hall–Kier alpha value is -1.33. The number of nitrogens with zero attached hydrogens (tertiary/aromatic N) is 1. The van der Waals surface area contributed by atoms with Crippen molar-refractivity contribution in [2.45, 2.75) is 19.9 Å². The minimum Gasteiger partial charge on any atom is -0.489 e. The lowest BCUT2D eigenvalue weighted by Crippen LogP contribution is -2.38. The zero-order valence-electron chi connectivity index (χ0n) is 11.6. The first-order valence-corrected chi connectivity index (χ1v) is 7.32. The fourth-order valence-corrected chi connectivity index (χ4v) is 2.52. The topological polar surface area (TPSA) is 49.8 Å². The monoisotopic (exact) mass is 339 g/mol. The van der Waals surface area contributed by atoms with Gasteiger partial charge in [-0.1, -0.05) is 15.9 Å². The predicted molar refractivity (Wildman–Crippen MR) is 82.0 cm³/mol. The van der Waals surface area contributed by atoms with Crippen molar-refractivity contribution in [3.63, 3.8) is 0 Å². The number of fused-ring (bicyclic) bond motifs is 1. The van der Waals surface area contributed by atoms with E-state index in [0.29, 0.717) is 13.2 Å². The molecule has 0 atom stereocenters. The number of carboxylic acids is 1. The van der Waals surface area contributed by atoms with E-state index in [1.165, 1.54) is 0 Å². The molecule has 0 bridgehead atoms. The van der Waals surface area contributed by atoms with E-state index in [-0.39, 0.29) is 12.6 Å². The van der Waals surface area contributed by atoms with Gasteiger partial charge >= 0.3 is 5.97 Å². The second-order valence-corrected chi connectivity index (χ2v) is 6.08. The molecule has 0 fully saturated rings. The third-order valence-electron chi connectivity index (χ3n) is 3.22. The van der Waals surface area contributed by atoms with Crippen molar-refractivity contribution in [3.8, 4) is 5.75 Å². The van der Waals surface area contributed by atoms with Crippen LogP contribution < -0.4 is 4.74 Å². The Bertz CT molecular complexity index is 540. The van der Waals surface area contributed by atoms with Crippen LogP contribution in [-0.2, 0) is 4.79 Å². The minimum atomic E-state index is -0.806. The summed E-state index contributed by atoms with van der Waals surface area (Å²) in [6.45, 7) is 5.16. The predicted octanol–water partition coefficient (Wildman–Crippen LogP) is 3.02. The smallest absolute Gasteiger partial charge is 0.317 e. The normalized spacial score (nSPS) is 13.9. The molecule has 108 valence electrons. The van der Waals surface area contributed by atoms with Gasteiger partial charge in [0.05, 0.1) is 6.54 Å². The lowest BCUT2D eigenvalue weighted by molar-refractivity contribution is -0.138. The highest BCUT2D eigenvalue weighted by atomic mass is 79.9. The highest BCUT2D eigenvalue weighted by Gasteiger charge is 2.18. The van der Waals surface area contributed by atoms with Gasteiger partial charge in [0.2, 0.25) is 0 Å². The molecule has 20 heavy (non-hydrogen) atoms. The molecule has 0 saturated carbocycles. The standard InChI is InChI=1S/C15H18BrNO3/c1-10(2)17(8-15(18)19)7-11-5-12-6-13(16)3-4-14(12)20-9-11/h3-6,10H,7-9H2,1-2H3,(H,18,19). The Morgan fingerprint density at radius 1 is 1.50 bits per heavy atom.